The van der Waals surface area contributed by atoms with Gasteiger partial charge in [0.25, 0.3) is 0 Å². The molecule has 1 aromatic carbocycles. The predicted octanol–water partition coefficient (Wildman–Crippen LogP) is 8.24. The molecule has 1 aliphatic heterocycles. The van der Waals surface area contributed by atoms with Crippen LogP contribution in [0.1, 0.15) is 75.3 Å². The van der Waals surface area contributed by atoms with Crippen LogP contribution in [-0.2, 0) is 18.3 Å². The van der Waals surface area contributed by atoms with Gasteiger partial charge in [-0.25, -0.2) is 0 Å². The smallest absolute Gasteiger partial charge is 0.185 e. The van der Waals surface area contributed by atoms with Crippen LogP contribution in [0.3, 0.4) is 0 Å². The molecule has 7 heteroatoms. The third-order valence-corrected chi connectivity index (χ3v) is 12.9. The maximum atomic E-state index is 10.8. The fourth-order valence-corrected chi connectivity index (χ4v) is 12.6. The molecule has 41 heavy (non-hydrogen) atoms. The maximum absolute atomic E-state index is 10.8. The Morgan fingerprint density at radius 3 is 2.17 bits per heavy atom. The number of rotatable bonds is 5. The summed E-state index contributed by atoms with van der Waals surface area (Å²) in [6.07, 6.45) is 7.64. The Kier molecular flexibility index (Phi) is 7.17. The van der Waals surface area contributed by atoms with Gasteiger partial charge in [-0.1, -0.05) is 42.3 Å². The van der Waals surface area contributed by atoms with Gasteiger partial charge in [0.05, 0.1) is 24.9 Å². The first-order valence-electron chi connectivity index (χ1n) is 16.0. The van der Waals surface area contributed by atoms with Crippen molar-refractivity contribution in [1.82, 2.24) is 0 Å². The summed E-state index contributed by atoms with van der Waals surface area (Å²) in [7, 11) is -3.85. The van der Waals surface area contributed by atoms with Gasteiger partial charge in [0.1, 0.15) is 5.60 Å². The van der Waals surface area contributed by atoms with E-state index in [1.807, 2.05) is 0 Å². The largest absolute Gasteiger partial charge is 0.408 e. The second-order valence-corrected chi connectivity index (χ2v) is 24.8. The number of ether oxygens (including phenoxy) is 2. The molecule has 5 aliphatic rings. The first-order valence-corrected chi connectivity index (χ1v) is 22.9. The minimum Gasteiger partial charge on any atom is -0.408 e. The second kappa shape index (κ2) is 9.87. The average Bonchev–Trinajstić information content (AvgIpc) is 3.43. The molecule has 0 aromatic heterocycles. The summed E-state index contributed by atoms with van der Waals surface area (Å²) in [6, 6.07) is 12.0. The summed E-state index contributed by atoms with van der Waals surface area (Å²) in [6.45, 7) is 19.6. The molecule has 1 aromatic rings. The number of allylic oxidation sites excluding steroid dienone is 1. The van der Waals surface area contributed by atoms with E-state index in [0.717, 1.165) is 51.4 Å². The third-order valence-electron chi connectivity index (χ3n) is 11.0. The Morgan fingerprint density at radius 1 is 0.902 bits per heavy atom. The van der Waals surface area contributed by atoms with Gasteiger partial charge in [-0.2, -0.15) is 5.26 Å². The van der Waals surface area contributed by atoms with E-state index < -0.39 is 28.0 Å². The number of hydrogen-bond acceptors (Lipinski definition) is 5. The Labute approximate surface area is 250 Å². The predicted molar refractivity (Wildman–Crippen MR) is 168 cm³/mol. The molecule has 224 valence electrons. The molecule has 3 saturated carbocycles. The molecule has 4 aliphatic carbocycles. The standard InChI is InChI=1S/C34H51NO4Si2/c1-24-9-11-25(12-10-24)27-21-31(2)28(14-17-33(31,23-35)39-41(6,7)8)26-13-16-32(38-40(3,4)5)22-34(36-19-20-37-34)18-15-29(32)30(26)27/h9-12,26-28H,13-22H2,1-8H3/t26-,27?,28-,31-,32+,33-/m0/s1. The molecule has 1 spiro atoms. The molecular weight excluding hydrogens is 543 g/mol. The fourth-order valence-electron chi connectivity index (χ4n) is 9.70. The average molecular weight is 594 g/mol. The fraction of sp³-hybridized carbons (Fsp3) is 0.735. The summed E-state index contributed by atoms with van der Waals surface area (Å²) < 4.78 is 27.0. The molecule has 1 heterocycles. The number of fused-ring (bicyclic) bond motifs is 4. The minimum absolute atomic E-state index is 0.195. The number of aryl methyl sites for hydroxylation is 1. The van der Waals surface area contributed by atoms with Crippen molar-refractivity contribution in [3.63, 3.8) is 0 Å². The van der Waals surface area contributed by atoms with Crippen molar-refractivity contribution in [3.8, 4) is 6.07 Å². The number of nitrogens with zero attached hydrogens (tertiary/aromatic N) is 1. The van der Waals surface area contributed by atoms with E-state index in [1.165, 1.54) is 11.1 Å². The van der Waals surface area contributed by atoms with E-state index in [1.54, 1.807) is 11.1 Å². The summed E-state index contributed by atoms with van der Waals surface area (Å²) in [5, 5.41) is 10.8. The number of hydrogen-bond donors (Lipinski definition) is 0. The highest BCUT2D eigenvalue weighted by Gasteiger charge is 2.67. The van der Waals surface area contributed by atoms with Crippen LogP contribution in [0.4, 0.5) is 0 Å². The van der Waals surface area contributed by atoms with Crippen molar-refractivity contribution in [2.24, 2.45) is 17.3 Å². The topological polar surface area (TPSA) is 60.7 Å². The van der Waals surface area contributed by atoms with Gasteiger partial charge < -0.3 is 18.3 Å². The number of benzene rings is 1. The van der Waals surface area contributed by atoms with Crippen molar-refractivity contribution < 1.29 is 18.3 Å². The lowest BCUT2D eigenvalue weighted by atomic mass is 9.49. The van der Waals surface area contributed by atoms with Gasteiger partial charge in [0, 0.05) is 24.2 Å². The normalized spacial score (nSPS) is 38.4. The van der Waals surface area contributed by atoms with Gasteiger partial charge in [-0.3, -0.25) is 0 Å². The Balaban J connectivity index is 1.53. The molecule has 0 amide bonds. The van der Waals surface area contributed by atoms with Gasteiger partial charge in [-0.05, 0) is 108 Å². The van der Waals surface area contributed by atoms with Crippen LogP contribution in [0.2, 0.25) is 39.3 Å². The Bertz CT molecular complexity index is 1250. The van der Waals surface area contributed by atoms with Crippen LogP contribution in [-0.4, -0.2) is 46.8 Å². The molecule has 4 fully saturated rings. The third kappa shape index (κ3) is 4.95. The van der Waals surface area contributed by atoms with Crippen LogP contribution in [0.25, 0.3) is 0 Å². The second-order valence-electron chi connectivity index (χ2n) is 16.0. The lowest BCUT2D eigenvalue weighted by Crippen LogP contribution is -2.59. The Morgan fingerprint density at radius 2 is 1.56 bits per heavy atom. The van der Waals surface area contributed by atoms with Crippen molar-refractivity contribution in [1.29, 1.82) is 5.26 Å². The molecule has 0 N–H and O–H groups in total. The highest BCUT2D eigenvalue weighted by atomic mass is 28.4. The molecule has 0 radical (unpaired) electrons. The van der Waals surface area contributed by atoms with E-state index >= 15 is 0 Å². The SMILES string of the molecule is Cc1ccc(C2C[C@@]3(C)[C@@H](CC[C@@]3(C#N)O[Si](C)(C)C)[C@@H]3CC[C@@]4(O[Si](C)(C)C)CC5(CCC4=C23)OCCO5)cc1. The molecule has 6 atom stereocenters. The van der Waals surface area contributed by atoms with Crippen molar-refractivity contribution >= 4 is 16.6 Å². The van der Waals surface area contributed by atoms with Crippen molar-refractivity contribution in [2.45, 2.75) is 127 Å². The van der Waals surface area contributed by atoms with E-state index in [4.69, 9.17) is 18.3 Å². The van der Waals surface area contributed by atoms with Gasteiger partial charge in [0.2, 0.25) is 0 Å². The lowest BCUT2D eigenvalue weighted by molar-refractivity contribution is -0.205. The summed E-state index contributed by atoms with van der Waals surface area (Å²) in [5.41, 5.74) is 4.62. The zero-order valence-corrected chi connectivity index (χ0v) is 28.7. The van der Waals surface area contributed by atoms with Crippen LogP contribution in [0.15, 0.2) is 35.4 Å². The van der Waals surface area contributed by atoms with E-state index in [9.17, 15) is 5.26 Å². The zero-order chi connectivity index (χ0) is 29.5. The first-order chi connectivity index (χ1) is 19.1. The molecule has 5 nitrogen and oxygen atoms in total. The molecular formula is C34H51NO4Si2. The summed E-state index contributed by atoms with van der Waals surface area (Å²) in [5.74, 6) is 0.654. The highest BCUT2D eigenvalue weighted by molar-refractivity contribution is 6.70. The number of nitriles is 1. The maximum Gasteiger partial charge on any atom is 0.185 e. The van der Waals surface area contributed by atoms with Crippen LogP contribution >= 0.6 is 0 Å². The van der Waals surface area contributed by atoms with E-state index in [-0.39, 0.29) is 16.9 Å². The van der Waals surface area contributed by atoms with Crippen LogP contribution in [0, 0.1) is 35.5 Å². The highest BCUT2D eigenvalue weighted by Crippen LogP contribution is 2.69. The van der Waals surface area contributed by atoms with Crippen LogP contribution < -0.4 is 0 Å². The van der Waals surface area contributed by atoms with Gasteiger partial charge in [-0.15, -0.1) is 0 Å². The first kappa shape index (κ1) is 29.8. The van der Waals surface area contributed by atoms with Gasteiger partial charge >= 0.3 is 0 Å². The van der Waals surface area contributed by atoms with Crippen LogP contribution in [0.5, 0.6) is 0 Å². The molecule has 1 saturated heterocycles. The minimum atomic E-state index is -1.95. The van der Waals surface area contributed by atoms with E-state index in [2.05, 4.69) is 83.5 Å². The molecule has 6 rings (SSSR count). The molecule has 1 unspecified atom stereocenters. The van der Waals surface area contributed by atoms with Gasteiger partial charge in [0.15, 0.2) is 22.4 Å². The van der Waals surface area contributed by atoms with E-state index in [0.29, 0.717) is 25.0 Å². The monoisotopic (exact) mass is 593 g/mol. The molecule has 0 bridgehead atoms. The summed E-state index contributed by atoms with van der Waals surface area (Å²) in [4.78, 5) is 0. The lowest BCUT2D eigenvalue weighted by Gasteiger charge is -2.59. The quantitative estimate of drug-likeness (QED) is 0.254. The van der Waals surface area contributed by atoms with Crippen molar-refractivity contribution in [2.75, 3.05) is 13.2 Å². The van der Waals surface area contributed by atoms with Crippen molar-refractivity contribution in [3.05, 3.63) is 46.5 Å². The zero-order valence-electron chi connectivity index (χ0n) is 26.7. The summed E-state index contributed by atoms with van der Waals surface area (Å²) >= 11 is 0. The Hall–Kier alpha value is -1.28.